The molecule has 1 saturated heterocycles. The van der Waals surface area contributed by atoms with Gasteiger partial charge in [0.05, 0.1) is 11.2 Å². The molecule has 164 valence electrons. The number of nitrogens with zero attached hydrogens (tertiary/aromatic N) is 2. The summed E-state index contributed by atoms with van der Waals surface area (Å²) in [6.07, 6.45) is 4.48. The van der Waals surface area contributed by atoms with Crippen molar-refractivity contribution in [2.45, 2.75) is 37.5 Å². The van der Waals surface area contributed by atoms with E-state index >= 15 is 0 Å². The predicted molar refractivity (Wildman–Crippen MR) is 130 cm³/mol. The number of para-hydroxylation sites is 1. The largest absolute Gasteiger partial charge is 0.440 e. The molecule has 2 aliphatic rings. The minimum absolute atomic E-state index is 0.0920. The molecule has 1 aliphatic heterocycles. The molecule has 1 aromatic heterocycles. The van der Waals surface area contributed by atoms with E-state index in [1.54, 1.807) is 0 Å². The molecule has 1 N–H and O–H groups in total. The number of fused-ring (bicyclic) bond motifs is 1. The van der Waals surface area contributed by atoms with Gasteiger partial charge >= 0.3 is 6.09 Å². The minimum Gasteiger partial charge on any atom is -0.440 e. The van der Waals surface area contributed by atoms with Crippen molar-refractivity contribution >= 4 is 28.4 Å². The van der Waals surface area contributed by atoms with Crippen LogP contribution in [0.4, 0.5) is 16.2 Å². The van der Waals surface area contributed by atoms with Crippen LogP contribution in [0.3, 0.4) is 0 Å². The quantitative estimate of drug-likeness (QED) is 0.390. The van der Waals surface area contributed by atoms with Crippen molar-refractivity contribution in [2.24, 2.45) is 0 Å². The van der Waals surface area contributed by atoms with Crippen LogP contribution >= 0.6 is 0 Å². The molecular weight excluding hydrogens is 410 g/mol. The maximum atomic E-state index is 13.0. The third kappa shape index (κ3) is 3.41. The van der Waals surface area contributed by atoms with E-state index in [0.29, 0.717) is 6.54 Å². The number of pyridine rings is 1. The number of hydrogen-bond acceptors (Lipinski definition) is 4. The van der Waals surface area contributed by atoms with E-state index in [-0.39, 0.29) is 12.1 Å². The number of benzene rings is 3. The minimum atomic E-state index is -0.403. The van der Waals surface area contributed by atoms with E-state index in [2.05, 4.69) is 46.7 Å². The van der Waals surface area contributed by atoms with Crippen LogP contribution < -0.4 is 10.2 Å². The van der Waals surface area contributed by atoms with Gasteiger partial charge in [-0.2, -0.15) is 0 Å². The second-order valence-corrected chi connectivity index (χ2v) is 8.87. The summed E-state index contributed by atoms with van der Waals surface area (Å²) in [5.41, 5.74) is 4.70. The molecule has 6 rings (SSSR count). The number of anilines is 2. The zero-order valence-corrected chi connectivity index (χ0v) is 18.3. The van der Waals surface area contributed by atoms with Crippen LogP contribution in [0, 0.1) is 0 Å². The van der Waals surface area contributed by atoms with Gasteiger partial charge in [0.2, 0.25) is 0 Å². The fourth-order valence-corrected chi connectivity index (χ4v) is 5.08. The van der Waals surface area contributed by atoms with E-state index < -0.39 is 5.60 Å². The van der Waals surface area contributed by atoms with Gasteiger partial charge in [-0.3, -0.25) is 9.88 Å². The number of rotatable bonds is 5. The number of carbonyl (C=O) groups excluding carboxylic acids is 1. The molecule has 5 nitrogen and oxygen atoms in total. The number of aromatic nitrogens is 1. The Hall–Kier alpha value is -3.86. The molecule has 1 spiro atoms. The van der Waals surface area contributed by atoms with Crippen molar-refractivity contribution < 1.29 is 9.53 Å². The molecule has 33 heavy (non-hydrogen) atoms. The molecule has 4 aromatic rings. The summed E-state index contributed by atoms with van der Waals surface area (Å²) < 4.78 is 5.96. The van der Waals surface area contributed by atoms with E-state index in [1.807, 2.05) is 59.6 Å². The summed E-state index contributed by atoms with van der Waals surface area (Å²) in [4.78, 5) is 19.3. The predicted octanol–water partition coefficient (Wildman–Crippen LogP) is 6.47. The number of ether oxygens (including phenoxy) is 1. The maximum Gasteiger partial charge on any atom is 0.415 e. The molecule has 1 unspecified atom stereocenters. The molecule has 1 atom stereocenters. The van der Waals surface area contributed by atoms with E-state index in [9.17, 15) is 4.79 Å². The fourth-order valence-electron chi connectivity index (χ4n) is 5.08. The summed E-state index contributed by atoms with van der Waals surface area (Å²) in [5.74, 6) is 0. The average molecular weight is 436 g/mol. The first-order valence-electron chi connectivity index (χ1n) is 11.5. The highest BCUT2D eigenvalue weighted by Gasteiger charge is 2.58. The van der Waals surface area contributed by atoms with E-state index in [4.69, 9.17) is 4.74 Å². The summed E-state index contributed by atoms with van der Waals surface area (Å²) in [6, 6.07) is 28.5. The molecular formula is C28H25N3O2. The van der Waals surface area contributed by atoms with Crippen molar-refractivity contribution in [1.29, 1.82) is 0 Å². The Kier molecular flexibility index (Phi) is 4.75. The monoisotopic (exact) mass is 435 g/mol. The standard InChI is InChI=1S/C28H25N3O2/c32-27-31(26(22-7-2-1-3-8-22)28(33-27)16-6-17-28)23-14-12-20(13-15-23)19-30-24-11-4-9-21-10-5-18-29-25(21)24/h1-5,7-15,18,26,30H,6,16-17,19H2. The molecule has 2 fully saturated rings. The van der Waals surface area contributed by atoms with Crippen molar-refractivity contribution in [2.75, 3.05) is 10.2 Å². The highest BCUT2D eigenvalue weighted by molar-refractivity contribution is 5.92. The topological polar surface area (TPSA) is 54.5 Å². The average Bonchev–Trinajstić information content (AvgIpc) is 3.17. The molecule has 1 aliphatic carbocycles. The molecule has 0 radical (unpaired) electrons. The third-order valence-corrected chi connectivity index (χ3v) is 6.89. The summed E-state index contributed by atoms with van der Waals surface area (Å²) >= 11 is 0. The molecule has 3 aromatic carbocycles. The van der Waals surface area contributed by atoms with Gasteiger partial charge in [0.1, 0.15) is 11.6 Å². The van der Waals surface area contributed by atoms with Crippen molar-refractivity contribution in [3.05, 3.63) is 102 Å². The van der Waals surface area contributed by atoms with Gasteiger partial charge in [-0.15, -0.1) is 0 Å². The van der Waals surface area contributed by atoms with Crippen molar-refractivity contribution in [3.63, 3.8) is 0 Å². The zero-order valence-electron chi connectivity index (χ0n) is 18.3. The number of amides is 1. The Labute approximate surface area is 193 Å². The first-order chi connectivity index (χ1) is 16.2. The Morgan fingerprint density at radius 3 is 2.48 bits per heavy atom. The molecule has 0 bridgehead atoms. The van der Waals surface area contributed by atoms with Crippen LogP contribution in [-0.2, 0) is 11.3 Å². The van der Waals surface area contributed by atoms with Gasteiger partial charge in [-0.1, -0.05) is 60.7 Å². The normalized spacial score (nSPS) is 18.8. The SMILES string of the molecule is O=C1OC2(CCC2)C(c2ccccc2)N1c1ccc(CNc2cccc3cccnc23)cc1. The molecule has 1 saturated carbocycles. The van der Waals surface area contributed by atoms with Crippen LogP contribution in [-0.4, -0.2) is 16.7 Å². The number of carbonyl (C=O) groups is 1. The highest BCUT2D eigenvalue weighted by atomic mass is 16.6. The second kappa shape index (κ2) is 7.93. The summed E-state index contributed by atoms with van der Waals surface area (Å²) in [5, 5.41) is 4.61. The van der Waals surface area contributed by atoms with E-state index in [0.717, 1.165) is 52.7 Å². The molecule has 5 heteroatoms. The van der Waals surface area contributed by atoms with Gasteiger partial charge in [-0.25, -0.2) is 4.79 Å². The van der Waals surface area contributed by atoms with Gasteiger partial charge in [0.25, 0.3) is 0 Å². The van der Waals surface area contributed by atoms with Crippen LogP contribution in [0.15, 0.2) is 91.1 Å². The van der Waals surface area contributed by atoms with E-state index in [1.165, 1.54) is 0 Å². The Balaban J connectivity index is 1.25. The van der Waals surface area contributed by atoms with Crippen LogP contribution in [0.5, 0.6) is 0 Å². The van der Waals surface area contributed by atoms with Gasteiger partial charge in [-0.05, 0) is 54.7 Å². The Morgan fingerprint density at radius 1 is 0.939 bits per heavy atom. The van der Waals surface area contributed by atoms with Crippen molar-refractivity contribution in [3.8, 4) is 0 Å². The van der Waals surface area contributed by atoms with Crippen LogP contribution in [0.25, 0.3) is 10.9 Å². The maximum absolute atomic E-state index is 13.0. The third-order valence-electron chi connectivity index (χ3n) is 6.89. The second-order valence-electron chi connectivity index (χ2n) is 8.87. The summed E-state index contributed by atoms with van der Waals surface area (Å²) in [6.45, 7) is 0.673. The zero-order chi connectivity index (χ0) is 22.3. The van der Waals surface area contributed by atoms with Gasteiger partial charge in [0.15, 0.2) is 0 Å². The van der Waals surface area contributed by atoms with Gasteiger partial charge in [0, 0.05) is 23.8 Å². The number of nitrogens with one attached hydrogen (secondary N) is 1. The highest BCUT2D eigenvalue weighted by Crippen LogP contribution is 2.53. The molecule has 2 heterocycles. The van der Waals surface area contributed by atoms with Crippen LogP contribution in [0.2, 0.25) is 0 Å². The first kappa shape index (κ1) is 19.8. The number of hydrogen-bond donors (Lipinski definition) is 1. The smallest absolute Gasteiger partial charge is 0.415 e. The lowest BCUT2D eigenvalue weighted by molar-refractivity contribution is -0.0290. The van der Waals surface area contributed by atoms with Gasteiger partial charge < -0.3 is 10.1 Å². The lowest BCUT2D eigenvalue weighted by Gasteiger charge is -2.41. The first-order valence-corrected chi connectivity index (χ1v) is 11.5. The lowest BCUT2D eigenvalue weighted by atomic mass is 9.72. The summed E-state index contributed by atoms with van der Waals surface area (Å²) in [7, 11) is 0. The van der Waals surface area contributed by atoms with Crippen LogP contribution in [0.1, 0.15) is 36.4 Å². The fraction of sp³-hybridized carbons (Fsp3) is 0.214. The Morgan fingerprint density at radius 2 is 1.73 bits per heavy atom. The lowest BCUT2D eigenvalue weighted by Crippen LogP contribution is -2.44. The Bertz CT molecular complexity index is 1290. The van der Waals surface area contributed by atoms with Crippen molar-refractivity contribution in [1.82, 2.24) is 4.98 Å². The molecule has 1 amide bonds.